The number of para-hydroxylation sites is 2. The van der Waals surface area contributed by atoms with E-state index in [1.807, 2.05) is 143 Å². The Labute approximate surface area is 383 Å². The third-order valence-electron chi connectivity index (χ3n) is 12.7. The van der Waals surface area contributed by atoms with Crippen LogP contribution in [0, 0.1) is 23.3 Å². The van der Waals surface area contributed by atoms with E-state index in [9.17, 15) is 0 Å². The molecule has 0 spiro atoms. The zero-order valence-electron chi connectivity index (χ0n) is 37.7. The predicted octanol–water partition coefficient (Wildman–Crippen LogP) is 18.0. The van der Waals surface area contributed by atoms with Crippen molar-refractivity contribution in [3.63, 3.8) is 0 Å². The first kappa shape index (κ1) is 42.5. The van der Waals surface area contributed by atoms with E-state index in [1.54, 1.807) is 0 Å². The molecule has 0 aromatic heterocycles. The first-order valence-corrected chi connectivity index (χ1v) is 22.3. The third kappa shape index (κ3) is 7.31. The van der Waals surface area contributed by atoms with Gasteiger partial charge in [-0.1, -0.05) is 163 Å². The van der Waals surface area contributed by atoms with Gasteiger partial charge in [0, 0.05) is 45.4 Å². The van der Waals surface area contributed by atoms with Gasteiger partial charge in [-0.05, 0) is 103 Å². The Hall–Kier alpha value is -7.44. The Bertz CT molecular complexity index is 3210. The summed E-state index contributed by atoms with van der Waals surface area (Å²) in [6.07, 6.45) is 0. The molecule has 0 atom stereocenters. The van der Waals surface area contributed by atoms with Crippen molar-refractivity contribution in [3.05, 3.63) is 216 Å². The summed E-state index contributed by atoms with van der Waals surface area (Å²) in [7, 11) is 0. The van der Waals surface area contributed by atoms with Crippen LogP contribution in [0.15, 0.2) is 182 Å². The molecular weight excluding hydrogens is 825 g/mol. The molecule has 0 aliphatic heterocycles. The summed E-state index contributed by atoms with van der Waals surface area (Å²) in [5.41, 5.74) is 6.79. The molecule has 10 aromatic carbocycles. The highest BCUT2D eigenvalue weighted by atomic mass is 19.1. The fourth-order valence-electron chi connectivity index (χ4n) is 9.83. The molecular formula is C60H48F4N2. The summed E-state index contributed by atoms with van der Waals surface area (Å²) < 4.78 is 65.3. The van der Waals surface area contributed by atoms with Crippen molar-refractivity contribution in [1.82, 2.24) is 0 Å². The Morgan fingerprint density at radius 2 is 0.697 bits per heavy atom. The quantitative estimate of drug-likeness (QED) is 0.111. The number of hydrogen-bond donors (Lipinski definition) is 0. The molecule has 0 heterocycles. The van der Waals surface area contributed by atoms with Crippen LogP contribution < -0.4 is 9.80 Å². The van der Waals surface area contributed by atoms with Gasteiger partial charge < -0.3 is 9.80 Å². The largest absolute Gasteiger partial charge is 0.307 e. The van der Waals surface area contributed by atoms with Gasteiger partial charge in [0.25, 0.3) is 0 Å². The Morgan fingerprint density at radius 3 is 1.08 bits per heavy atom. The molecule has 2 nitrogen and oxygen atoms in total. The van der Waals surface area contributed by atoms with Crippen LogP contribution in [0.3, 0.4) is 0 Å². The fraction of sp³-hybridized carbons (Fsp3) is 0.133. The van der Waals surface area contributed by atoms with Gasteiger partial charge in [0.2, 0.25) is 0 Å². The number of hydrogen-bond acceptors (Lipinski definition) is 2. The number of anilines is 6. The van der Waals surface area contributed by atoms with E-state index in [-0.39, 0.29) is 22.2 Å². The highest BCUT2D eigenvalue weighted by Gasteiger charge is 2.30. The van der Waals surface area contributed by atoms with Crippen molar-refractivity contribution in [2.24, 2.45) is 0 Å². The van der Waals surface area contributed by atoms with Crippen molar-refractivity contribution < 1.29 is 17.6 Å². The SMILES string of the molecule is CC(C)(C)c1ccccc1-c1cc(F)cc(F)c1N(c1ccccc1)c1ccc2ccc3c(N(c4ccccc4)c4c(F)cc(F)cc4-c4ccccc4C(C)(C)C)ccc4ccc1c2c43. The molecule has 0 unspecified atom stereocenters. The summed E-state index contributed by atoms with van der Waals surface area (Å²) in [6.45, 7) is 12.6. The molecule has 10 rings (SSSR count). The zero-order valence-corrected chi connectivity index (χ0v) is 37.7. The molecule has 0 saturated carbocycles. The third-order valence-corrected chi connectivity index (χ3v) is 12.7. The van der Waals surface area contributed by atoms with E-state index in [0.29, 0.717) is 33.9 Å². The van der Waals surface area contributed by atoms with Crippen LogP contribution in [0.1, 0.15) is 52.7 Å². The lowest BCUT2D eigenvalue weighted by Gasteiger charge is -2.32. The zero-order chi connectivity index (χ0) is 46.1. The normalized spacial score (nSPS) is 12.1. The first-order valence-electron chi connectivity index (χ1n) is 22.3. The molecule has 0 fully saturated rings. The Morgan fingerprint density at radius 1 is 0.348 bits per heavy atom. The van der Waals surface area contributed by atoms with Crippen molar-refractivity contribution in [3.8, 4) is 22.3 Å². The van der Waals surface area contributed by atoms with Crippen molar-refractivity contribution in [2.75, 3.05) is 9.80 Å². The Kier molecular flexibility index (Phi) is 10.4. The molecule has 10 aromatic rings. The smallest absolute Gasteiger partial charge is 0.150 e. The second-order valence-electron chi connectivity index (χ2n) is 19.1. The summed E-state index contributed by atoms with van der Waals surface area (Å²) in [5, 5.41) is 5.43. The molecule has 0 radical (unpaired) electrons. The van der Waals surface area contributed by atoms with Gasteiger partial charge in [0.05, 0.1) is 22.7 Å². The van der Waals surface area contributed by atoms with Crippen molar-refractivity contribution in [1.29, 1.82) is 0 Å². The maximum Gasteiger partial charge on any atom is 0.150 e. The molecule has 326 valence electrons. The van der Waals surface area contributed by atoms with Gasteiger partial charge in [-0.2, -0.15) is 0 Å². The lowest BCUT2D eigenvalue weighted by atomic mass is 9.81. The average molecular weight is 873 g/mol. The number of halogens is 4. The summed E-state index contributed by atoms with van der Waals surface area (Å²) in [6, 6.07) is 56.0. The molecule has 0 N–H and O–H groups in total. The predicted molar refractivity (Wildman–Crippen MR) is 268 cm³/mol. The topological polar surface area (TPSA) is 6.48 Å². The lowest BCUT2D eigenvalue weighted by Crippen LogP contribution is -2.17. The van der Waals surface area contributed by atoms with E-state index >= 15 is 17.6 Å². The molecule has 0 aliphatic rings. The van der Waals surface area contributed by atoms with Crippen LogP contribution >= 0.6 is 0 Å². The molecule has 0 amide bonds. The van der Waals surface area contributed by atoms with Crippen LogP contribution in [0.4, 0.5) is 51.7 Å². The van der Waals surface area contributed by atoms with Gasteiger partial charge in [0.1, 0.15) is 11.6 Å². The Balaban J connectivity index is 1.27. The van der Waals surface area contributed by atoms with Crippen LogP contribution in [0.25, 0.3) is 54.6 Å². The fourth-order valence-corrected chi connectivity index (χ4v) is 9.83. The van der Waals surface area contributed by atoms with E-state index in [0.717, 1.165) is 66.7 Å². The van der Waals surface area contributed by atoms with Gasteiger partial charge >= 0.3 is 0 Å². The maximum atomic E-state index is 17.1. The van der Waals surface area contributed by atoms with E-state index in [1.165, 1.54) is 12.1 Å². The second kappa shape index (κ2) is 16.2. The highest BCUT2D eigenvalue weighted by Crippen LogP contribution is 2.52. The molecule has 0 aliphatic carbocycles. The number of benzene rings is 10. The first-order chi connectivity index (χ1) is 31.7. The standard InChI is InChI=1S/C60H48F4N2/c1-59(2,3)49-23-15-13-21-43(49)47-33-39(61)35-51(63)57(47)65(41-17-9-7-10-18-41)53-31-27-37-26-30-46-54(32-28-38-25-29-45(53)55(37)56(38)46)66(42-19-11-8-12-20-42)58-48(34-40(62)36-52(58)64)44-22-14-16-24-50(44)60(4,5)6/h7-36H,1-6H3. The van der Waals surface area contributed by atoms with E-state index in [2.05, 4.69) is 65.8 Å². The van der Waals surface area contributed by atoms with Gasteiger partial charge in [-0.25, -0.2) is 17.6 Å². The van der Waals surface area contributed by atoms with Crippen LogP contribution in [-0.4, -0.2) is 0 Å². The van der Waals surface area contributed by atoms with Gasteiger partial charge in [0.15, 0.2) is 11.6 Å². The minimum absolute atomic E-state index is 0.222. The van der Waals surface area contributed by atoms with E-state index in [4.69, 9.17) is 0 Å². The van der Waals surface area contributed by atoms with Crippen LogP contribution in [0.2, 0.25) is 0 Å². The second-order valence-corrected chi connectivity index (χ2v) is 19.1. The summed E-state index contributed by atoms with van der Waals surface area (Å²) in [5.74, 6) is -2.74. The van der Waals surface area contributed by atoms with E-state index < -0.39 is 23.3 Å². The average Bonchev–Trinajstić information content (AvgIpc) is 3.30. The number of rotatable bonds is 8. The minimum atomic E-state index is -0.700. The molecule has 66 heavy (non-hydrogen) atoms. The van der Waals surface area contributed by atoms with Crippen molar-refractivity contribution in [2.45, 2.75) is 52.4 Å². The minimum Gasteiger partial charge on any atom is -0.307 e. The van der Waals surface area contributed by atoms with Crippen LogP contribution in [-0.2, 0) is 10.8 Å². The molecule has 0 saturated heterocycles. The molecule has 0 bridgehead atoms. The summed E-state index contributed by atoms with van der Waals surface area (Å²) >= 11 is 0. The number of nitrogens with zero attached hydrogens (tertiary/aromatic N) is 2. The molecule has 6 heteroatoms. The van der Waals surface area contributed by atoms with Crippen LogP contribution in [0.5, 0.6) is 0 Å². The maximum absolute atomic E-state index is 17.1. The van der Waals surface area contributed by atoms with Crippen molar-refractivity contribution >= 4 is 66.4 Å². The monoisotopic (exact) mass is 872 g/mol. The highest BCUT2D eigenvalue weighted by molar-refractivity contribution is 6.28. The van der Waals surface area contributed by atoms with Gasteiger partial charge in [-0.3, -0.25) is 0 Å². The lowest BCUT2D eigenvalue weighted by molar-refractivity contribution is 0.582. The van der Waals surface area contributed by atoms with Gasteiger partial charge in [-0.15, -0.1) is 0 Å². The summed E-state index contributed by atoms with van der Waals surface area (Å²) in [4.78, 5) is 3.80.